The minimum absolute atomic E-state index is 0.0628. The van der Waals surface area contributed by atoms with E-state index in [0.717, 1.165) is 17.0 Å². The van der Waals surface area contributed by atoms with E-state index in [9.17, 15) is 9.59 Å². The number of anilines is 1. The quantitative estimate of drug-likeness (QED) is 0.318. The summed E-state index contributed by atoms with van der Waals surface area (Å²) < 4.78 is 8.82. The molecule has 0 saturated heterocycles. The van der Waals surface area contributed by atoms with Crippen LogP contribution in [0.1, 0.15) is 37.9 Å². The predicted octanol–water partition coefficient (Wildman–Crippen LogP) is 5.36. The van der Waals surface area contributed by atoms with Crippen LogP contribution in [0.2, 0.25) is 5.02 Å². The molecule has 0 radical (unpaired) electrons. The molecule has 2 atom stereocenters. The van der Waals surface area contributed by atoms with Crippen molar-refractivity contribution in [1.29, 1.82) is 0 Å². The van der Waals surface area contributed by atoms with Crippen LogP contribution in [-0.2, 0) is 11.8 Å². The number of nitrogens with one attached hydrogen (secondary N) is 1. The largest absolute Gasteiger partial charge is 0.445 e. The Morgan fingerprint density at radius 1 is 1.02 bits per heavy atom. The van der Waals surface area contributed by atoms with Gasteiger partial charge in [-0.25, -0.2) is 9.97 Å². The molecule has 11 heteroatoms. The van der Waals surface area contributed by atoms with Gasteiger partial charge in [0, 0.05) is 46.9 Å². The number of hydrogen-bond donors (Lipinski definition) is 1. The van der Waals surface area contributed by atoms with Crippen LogP contribution in [-0.4, -0.2) is 35.2 Å². The van der Waals surface area contributed by atoms with Gasteiger partial charge < -0.3 is 9.73 Å². The fourth-order valence-corrected chi connectivity index (χ4v) is 5.32. The molecular weight excluding hydrogens is 530 g/mol. The maximum Gasteiger partial charge on any atom is 0.254 e. The molecule has 1 aromatic carbocycles. The van der Waals surface area contributed by atoms with Crippen molar-refractivity contribution in [2.24, 2.45) is 13.0 Å². The average Bonchev–Trinajstić information content (AvgIpc) is 3.61. The molecule has 0 fully saturated rings. The molecule has 0 saturated carbocycles. The number of pyridine rings is 1. The molecule has 202 valence electrons. The highest BCUT2D eigenvalue weighted by molar-refractivity contribution is 6.31. The standard InChI is InChI=1S/C29H26ClN7O3/c1-17-4-3-5-25(23-12-18(8-9-31-23)27-24(35-28(17)39)15-34-36(27)2)37-16-33-22(14-26(37)38)21-13-19(30)6-7-20(21)29-32-10-11-40-29/h6-17,25H,3-5H2,1-2H3,(H,35,39). The fourth-order valence-electron chi connectivity index (χ4n) is 5.15. The first-order valence-corrected chi connectivity index (χ1v) is 13.3. The van der Waals surface area contributed by atoms with Gasteiger partial charge in [0.1, 0.15) is 6.26 Å². The average molecular weight is 556 g/mol. The van der Waals surface area contributed by atoms with Gasteiger partial charge in [0.05, 0.1) is 47.5 Å². The van der Waals surface area contributed by atoms with E-state index in [1.54, 1.807) is 52.4 Å². The van der Waals surface area contributed by atoms with E-state index in [2.05, 4.69) is 25.4 Å². The van der Waals surface area contributed by atoms with E-state index in [-0.39, 0.29) is 23.4 Å². The smallest absolute Gasteiger partial charge is 0.254 e. The van der Waals surface area contributed by atoms with Gasteiger partial charge >= 0.3 is 0 Å². The molecule has 0 aliphatic carbocycles. The van der Waals surface area contributed by atoms with Gasteiger partial charge in [-0.05, 0) is 43.2 Å². The monoisotopic (exact) mass is 555 g/mol. The van der Waals surface area contributed by atoms with Crippen LogP contribution in [0.15, 0.2) is 76.8 Å². The highest BCUT2D eigenvalue weighted by Crippen LogP contribution is 2.34. The number of aryl methyl sites for hydroxylation is 1. The third-order valence-electron chi connectivity index (χ3n) is 7.25. The summed E-state index contributed by atoms with van der Waals surface area (Å²) >= 11 is 6.30. The molecule has 2 bridgehead atoms. The summed E-state index contributed by atoms with van der Waals surface area (Å²) in [6, 6.07) is 10.2. The van der Waals surface area contributed by atoms with E-state index >= 15 is 0 Å². The number of fused-ring (bicyclic) bond motifs is 4. The molecule has 0 spiro atoms. The van der Waals surface area contributed by atoms with Gasteiger partial charge in [-0.3, -0.25) is 23.8 Å². The highest BCUT2D eigenvalue weighted by Gasteiger charge is 2.24. The van der Waals surface area contributed by atoms with Crippen molar-refractivity contribution in [2.45, 2.75) is 32.2 Å². The zero-order valence-electron chi connectivity index (χ0n) is 21.9. The Morgan fingerprint density at radius 2 is 1.90 bits per heavy atom. The summed E-state index contributed by atoms with van der Waals surface area (Å²) in [4.78, 5) is 40.1. The van der Waals surface area contributed by atoms with Crippen LogP contribution in [0.4, 0.5) is 5.69 Å². The summed E-state index contributed by atoms with van der Waals surface area (Å²) in [5.41, 5.74) is 4.51. The zero-order valence-corrected chi connectivity index (χ0v) is 22.7. The number of oxazole rings is 1. The third-order valence-corrected chi connectivity index (χ3v) is 7.48. The lowest BCUT2D eigenvalue weighted by Gasteiger charge is -2.22. The molecule has 1 amide bonds. The van der Waals surface area contributed by atoms with Crippen LogP contribution in [0.3, 0.4) is 0 Å². The molecule has 1 aliphatic heterocycles. The number of halogens is 1. The van der Waals surface area contributed by atoms with Crippen molar-refractivity contribution in [3.8, 4) is 34.0 Å². The molecule has 40 heavy (non-hydrogen) atoms. The van der Waals surface area contributed by atoms with E-state index in [1.165, 1.54) is 12.3 Å². The Labute approximate surface area is 234 Å². The summed E-state index contributed by atoms with van der Waals surface area (Å²) in [6.07, 6.45) is 9.93. The highest BCUT2D eigenvalue weighted by atomic mass is 35.5. The normalized spacial score (nSPS) is 17.4. The van der Waals surface area contributed by atoms with Gasteiger partial charge in [0.15, 0.2) is 0 Å². The van der Waals surface area contributed by atoms with Gasteiger partial charge in [-0.15, -0.1) is 0 Å². The van der Waals surface area contributed by atoms with Crippen molar-refractivity contribution < 1.29 is 9.21 Å². The van der Waals surface area contributed by atoms with Crippen molar-refractivity contribution in [3.63, 3.8) is 0 Å². The molecule has 1 aliphatic rings. The third kappa shape index (κ3) is 4.82. The number of aromatic nitrogens is 6. The number of carbonyl (C=O) groups is 1. The Morgan fingerprint density at radius 3 is 2.70 bits per heavy atom. The molecule has 6 rings (SSSR count). The number of hydrogen-bond acceptors (Lipinski definition) is 7. The first-order valence-electron chi connectivity index (χ1n) is 13.0. The lowest BCUT2D eigenvalue weighted by molar-refractivity contribution is -0.119. The first kappa shape index (κ1) is 25.7. The summed E-state index contributed by atoms with van der Waals surface area (Å²) in [5, 5.41) is 7.89. The number of benzene rings is 1. The van der Waals surface area contributed by atoms with Crippen LogP contribution in [0.25, 0.3) is 34.0 Å². The number of amides is 1. The lowest BCUT2D eigenvalue weighted by Crippen LogP contribution is -2.27. The lowest BCUT2D eigenvalue weighted by atomic mass is 9.97. The SMILES string of the molecule is CC1CCCC(n2cnc(-c3cc(Cl)ccc3-c3ncco3)cc2=O)c2cc(ccn2)-c2c(cnn2C)NC1=O. The van der Waals surface area contributed by atoms with Gasteiger partial charge in [0.25, 0.3) is 5.56 Å². The maximum absolute atomic E-state index is 13.6. The second-order valence-electron chi connectivity index (χ2n) is 9.88. The molecule has 5 aromatic rings. The zero-order chi connectivity index (χ0) is 27.8. The second-order valence-corrected chi connectivity index (χ2v) is 10.3. The predicted molar refractivity (Wildman–Crippen MR) is 151 cm³/mol. The number of carbonyl (C=O) groups excluding carboxylic acids is 1. The molecule has 1 N–H and O–H groups in total. The second kappa shape index (κ2) is 10.5. The number of nitrogens with zero attached hydrogens (tertiary/aromatic N) is 6. The Hall–Kier alpha value is -4.57. The first-order chi connectivity index (χ1) is 19.4. The minimum atomic E-state index is -0.383. The Bertz CT molecular complexity index is 1760. The summed E-state index contributed by atoms with van der Waals surface area (Å²) in [6.45, 7) is 1.91. The van der Waals surface area contributed by atoms with Crippen LogP contribution >= 0.6 is 11.6 Å². The Kier molecular flexibility index (Phi) is 6.77. The van der Waals surface area contributed by atoms with Gasteiger partial charge in [-0.1, -0.05) is 24.9 Å². The van der Waals surface area contributed by atoms with Crippen molar-refractivity contribution >= 4 is 23.2 Å². The van der Waals surface area contributed by atoms with Crippen LogP contribution in [0, 0.1) is 5.92 Å². The molecule has 5 heterocycles. The van der Waals surface area contributed by atoms with Crippen LogP contribution in [0.5, 0.6) is 0 Å². The molecule has 4 aromatic heterocycles. The summed E-state index contributed by atoms with van der Waals surface area (Å²) in [7, 11) is 1.83. The van der Waals surface area contributed by atoms with Crippen molar-refractivity contribution in [2.75, 3.05) is 5.32 Å². The molecular formula is C29H26ClN7O3. The van der Waals surface area contributed by atoms with Gasteiger partial charge in [0.2, 0.25) is 11.8 Å². The van der Waals surface area contributed by atoms with E-state index in [1.807, 2.05) is 26.1 Å². The Balaban J connectivity index is 1.44. The van der Waals surface area contributed by atoms with Crippen molar-refractivity contribution in [3.05, 3.63) is 88.6 Å². The number of rotatable bonds is 3. The molecule has 10 nitrogen and oxygen atoms in total. The molecule has 2 unspecified atom stereocenters. The van der Waals surface area contributed by atoms with E-state index < -0.39 is 0 Å². The van der Waals surface area contributed by atoms with Crippen LogP contribution < -0.4 is 10.9 Å². The topological polar surface area (TPSA) is 121 Å². The van der Waals surface area contributed by atoms with E-state index in [0.29, 0.717) is 52.7 Å². The van der Waals surface area contributed by atoms with Gasteiger partial charge in [-0.2, -0.15) is 5.10 Å². The summed E-state index contributed by atoms with van der Waals surface area (Å²) in [5.74, 6) is 0.131. The minimum Gasteiger partial charge on any atom is -0.445 e. The fraction of sp³-hybridized carbons (Fsp3) is 0.241. The maximum atomic E-state index is 13.6. The van der Waals surface area contributed by atoms with E-state index in [4.69, 9.17) is 16.0 Å². The van der Waals surface area contributed by atoms with Crippen molar-refractivity contribution in [1.82, 2.24) is 29.3 Å².